The summed E-state index contributed by atoms with van der Waals surface area (Å²) in [6, 6.07) is 0. The fourth-order valence-corrected chi connectivity index (χ4v) is 6.15. The van der Waals surface area contributed by atoms with Gasteiger partial charge < -0.3 is 18.9 Å². The summed E-state index contributed by atoms with van der Waals surface area (Å²) in [5.74, 6) is 1.86. The lowest BCUT2D eigenvalue weighted by molar-refractivity contribution is -0.145. The quantitative estimate of drug-likeness (QED) is 0.0991. The summed E-state index contributed by atoms with van der Waals surface area (Å²) in [4.78, 5) is 11.8. The summed E-state index contributed by atoms with van der Waals surface area (Å²) in [5.41, 5.74) is 0. The zero-order valence-corrected chi connectivity index (χ0v) is 24.4. The molecule has 2 rings (SSSR count). The first-order valence-electron chi connectivity index (χ1n) is 16.2. The number of esters is 1. The predicted molar refractivity (Wildman–Crippen MR) is 152 cm³/mol. The van der Waals surface area contributed by atoms with Crippen molar-refractivity contribution in [1.82, 2.24) is 0 Å². The van der Waals surface area contributed by atoms with E-state index in [1.807, 2.05) is 0 Å². The minimum absolute atomic E-state index is 0.0966. The molecule has 0 aliphatic heterocycles. The first-order valence-corrected chi connectivity index (χ1v) is 16.2. The summed E-state index contributed by atoms with van der Waals surface area (Å²) in [7, 11) is 0. The van der Waals surface area contributed by atoms with Crippen LogP contribution in [-0.4, -0.2) is 51.7 Å². The summed E-state index contributed by atoms with van der Waals surface area (Å²) < 4.78 is 22.5. The Balaban J connectivity index is 1.25. The SMILES string of the molecule is CCCCCCCCCCCCCC(=O)OCCOCCOCCOC1CCC(C2CCCCC2)CC1. The average molecular weight is 525 g/mol. The minimum Gasteiger partial charge on any atom is -0.463 e. The van der Waals surface area contributed by atoms with E-state index in [4.69, 9.17) is 18.9 Å². The van der Waals surface area contributed by atoms with E-state index in [2.05, 4.69) is 6.92 Å². The summed E-state index contributed by atoms with van der Waals surface area (Å²) in [5, 5.41) is 0. The zero-order chi connectivity index (χ0) is 26.2. The van der Waals surface area contributed by atoms with Gasteiger partial charge in [0, 0.05) is 6.42 Å². The number of unbranched alkanes of at least 4 members (excludes halogenated alkanes) is 10. The van der Waals surface area contributed by atoms with E-state index in [1.165, 1.54) is 116 Å². The largest absolute Gasteiger partial charge is 0.463 e. The number of ether oxygens (including phenoxy) is 4. The van der Waals surface area contributed by atoms with Crippen LogP contribution in [0.1, 0.15) is 142 Å². The standard InChI is InChI=1S/C32H60O5/c1-2-3-4-5-6-7-8-9-10-11-15-18-32(33)37-28-26-35-24-23-34-25-27-36-31-21-19-30(20-22-31)29-16-13-12-14-17-29/h29-31H,2-28H2,1H3. The second-order valence-corrected chi connectivity index (χ2v) is 11.5. The van der Waals surface area contributed by atoms with E-state index in [0.717, 1.165) is 24.7 Å². The highest BCUT2D eigenvalue weighted by molar-refractivity contribution is 5.69. The second-order valence-electron chi connectivity index (χ2n) is 11.5. The molecule has 5 nitrogen and oxygen atoms in total. The van der Waals surface area contributed by atoms with Gasteiger partial charge in [0.1, 0.15) is 6.61 Å². The molecule has 0 amide bonds. The number of rotatable bonds is 23. The molecule has 0 atom stereocenters. The lowest BCUT2D eigenvalue weighted by atomic mass is 9.73. The predicted octanol–water partition coefficient (Wildman–Crippen LogP) is 8.42. The van der Waals surface area contributed by atoms with Gasteiger partial charge in [-0.3, -0.25) is 4.79 Å². The van der Waals surface area contributed by atoms with Gasteiger partial charge in [-0.25, -0.2) is 0 Å². The van der Waals surface area contributed by atoms with Crippen molar-refractivity contribution >= 4 is 5.97 Å². The Kier molecular flexibility index (Phi) is 20.5. The van der Waals surface area contributed by atoms with Gasteiger partial charge in [0.15, 0.2) is 0 Å². The van der Waals surface area contributed by atoms with Crippen LogP contribution in [-0.2, 0) is 23.7 Å². The van der Waals surface area contributed by atoms with Crippen LogP contribution in [0.2, 0.25) is 0 Å². The third-order valence-corrected chi connectivity index (χ3v) is 8.46. The van der Waals surface area contributed by atoms with Crippen LogP contribution in [0.5, 0.6) is 0 Å². The van der Waals surface area contributed by atoms with Gasteiger partial charge in [0.2, 0.25) is 0 Å². The molecule has 0 saturated heterocycles. The lowest BCUT2D eigenvalue weighted by Gasteiger charge is -2.35. The van der Waals surface area contributed by atoms with Crippen molar-refractivity contribution in [3.05, 3.63) is 0 Å². The molecule has 0 aromatic carbocycles. The van der Waals surface area contributed by atoms with E-state index in [0.29, 0.717) is 52.2 Å². The number of hydrogen-bond donors (Lipinski definition) is 0. The van der Waals surface area contributed by atoms with Crippen molar-refractivity contribution in [3.8, 4) is 0 Å². The number of carbonyl (C=O) groups excluding carboxylic acids is 1. The van der Waals surface area contributed by atoms with Crippen molar-refractivity contribution < 1.29 is 23.7 Å². The summed E-state index contributed by atoms with van der Waals surface area (Å²) in [6.07, 6.45) is 27.6. The first kappa shape index (κ1) is 32.6. The smallest absolute Gasteiger partial charge is 0.305 e. The third kappa shape index (κ3) is 17.5. The molecule has 0 bridgehead atoms. The molecule has 0 N–H and O–H groups in total. The van der Waals surface area contributed by atoms with E-state index in [-0.39, 0.29) is 5.97 Å². The molecule has 218 valence electrons. The Morgan fingerprint density at radius 2 is 1.08 bits per heavy atom. The van der Waals surface area contributed by atoms with Crippen molar-refractivity contribution in [2.45, 2.75) is 148 Å². The maximum atomic E-state index is 11.8. The number of hydrogen-bond acceptors (Lipinski definition) is 5. The molecule has 0 radical (unpaired) electrons. The Morgan fingerprint density at radius 1 is 0.568 bits per heavy atom. The minimum atomic E-state index is -0.0966. The molecule has 0 spiro atoms. The lowest BCUT2D eigenvalue weighted by Crippen LogP contribution is -2.28. The van der Waals surface area contributed by atoms with Crippen LogP contribution < -0.4 is 0 Å². The van der Waals surface area contributed by atoms with E-state index >= 15 is 0 Å². The van der Waals surface area contributed by atoms with Gasteiger partial charge >= 0.3 is 5.97 Å². The molecular weight excluding hydrogens is 464 g/mol. The molecule has 2 fully saturated rings. The maximum absolute atomic E-state index is 11.8. The summed E-state index contributed by atoms with van der Waals surface area (Å²) in [6.45, 7) is 5.43. The van der Waals surface area contributed by atoms with Gasteiger partial charge in [-0.1, -0.05) is 103 Å². The first-order chi connectivity index (χ1) is 18.3. The topological polar surface area (TPSA) is 54.0 Å². The van der Waals surface area contributed by atoms with E-state index in [9.17, 15) is 4.79 Å². The highest BCUT2D eigenvalue weighted by Gasteiger charge is 2.28. The molecular formula is C32H60O5. The Labute approximate surface area is 229 Å². The highest BCUT2D eigenvalue weighted by atomic mass is 16.6. The van der Waals surface area contributed by atoms with Gasteiger partial charge in [-0.15, -0.1) is 0 Å². The van der Waals surface area contributed by atoms with E-state index in [1.54, 1.807) is 0 Å². The number of carbonyl (C=O) groups is 1. The van der Waals surface area contributed by atoms with Crippen molar-refractivity contribution in [2.24, 2.45) is 11.8 Å². The van der Waals surface area contributed by atoms with Gasteiger partial charge in [0.05, 0.1) is 39.1 Å². The van der Waals surface area contributed by atoms with Crippen molar-refractivity contribution in [1.29, 1.82) is 0 Å². The van der Waals surface area contributed by atoms with Crippen molar-refractivity contribution in [3.63, 3.8) is 0 Å². The average Bonchev–Trinajstić information content (AvgIpc) is 2.93. The van der Waals surface area contributed by atoms with Crippen LogP contribution in [0.4, 0.5) is 0 Å². The van der Waals surface area contributed by atoms with E-state index < -0.39 is 0 Å². The molecule has 0 heterocycles. The van der Waals surface area contributed by atoms with Crippen LogP contribution in [0.15, 0.2) is 0 Å². The fraction of sp³-hybridized carbons (Fsp3) is 0.969. The maximum Gasteiger partial charge on any atom is 0.305 e. The van der Waals surface area contributed by atoms with Gasteiger partial charge in [-0.05, 0) is 43.9 Å². The van der Waals surface area contributed by atoms with Crippen LogP contribution in [0.25, 0.3) is 0 Å². The molecule has 2 aliphatic rings. The Bertz CT molecular complexity index is 511. The Morgan fingerprint density at radius 3 is 1.70 bits per heavy atom. The summed E-state index contributed by atoms with van der Waals surface area (Å²) >= 11 is 0. The molecule has 0 aromatic rings. The Hall–Kier alpha value is -0.650. The molecule has 0 unspecified atom stereocenters. The van der Waals surface area contributed by atoms with Crippen LogP contribution in [0.3, 0.4) is 0 Å². The van der Waals surface area contributed by atoms with Crippen LogP contribution in [0, 0.1) is 11.8 Å². The second kappa shape index (κ2) is 23.3. The molecule has 37 heavy (non-hydrogen) atoms. The zero-order valence-electron chi connectivity index (χ0n) is 24.4. The highest BCUT2D eigenvalue weighted by Crippen LogP contribution is 2.38. The molecule has 2 saturated carbocycles. The molecule has 2 aliphatic carbocycles. The van der Waals surface area contributed by atoms with Crippen molar-refractivity contribution in [2.75, 3.05) is 39.6 Å². The van der Waals surface area contributed by atoms with Crippen LogP contribution >= 0.6 is 0 Å². The third-order valence-electron chi connectivity index (χ3n) is 8.46. The monoisotopic (exact) mass is 524 g/mol. The van der Waals surface area contributed by atoms with Gasteiger partial charge in [0.25, 0.3) is 0 Å². The molecule has 5 heteroatoms. The normalized spacial score (nSPS) is 20.8. The van der Waals surface area contributed by atoms with Gasteiger partial charge in [-0.2, -0.15) is 0 Å². The fourth-order valence-electron chi connectivity index (χ4n) is 6.15. The molecule has 0 aromatic heterocycles.